The highest BCUT2D eigenvalue weighted by Gasteiger charge is 2.36. The summed E-state index contributed by atoms with van der Waals surface area (Å²) in [6, 6.07) is 3.53. The number of aromatic nitrogens is 4. The first-order chi connectivity index (χ1) is 22.5. The molecule has 0 unspecified atom stereocenters. The minimum absolute atomic E-state index is 0.0101. The Bertz CT molecular complexity index is 1710. The van der Waals surface area contributed by atoms with Crippen LogP contribution < -0.4 is 10.0 Å². The number of aliphatic carboxylic acids is 1. The van der Waals surface area contributed by atoms with Gasteiger partial charge in [-0.1, -0.05) is 0 Å². The second kappa shape index (κ2) is 14.0. The van der Waals surface area contributed by atoms with Gasteiger partial charge in [0, 0.05) is 30.6 Å². The first kappa shape index (κ1) is 35.5. The number of hydrogen-bond donors (Lipinski definition) is 4. The second-order valence-electron chi connectivity index (χ2n) is 13.2. The minimum atomic E-state index is -4.80. The van der Waals surface area contributed by atoms with Crippen molar-refractivity contribution in [3.63, 3.8) is 0 Å². The fourth-order valence-corrected chi connectivity index (χ4v) is 7.70. The summed E-state index contributed by atoms with van der Waals surface area (Å²) < 4.78 is 86.6. The van der Waals surface area contributed by atoms with Crippen LogP contribution in [0, 0.1) is 17.7 Å². The molecular weight excluding hydrogens is 658 g/mol. The molecule has 0 amide bonds. The summed E-state index contributed by atoms with van der Waals surface area (Å²) in [5.74, 6) is -1.85. The predicted octanol–water partition coefficient (Wildman–Crippen LogP) is 5.11. The number of carboxylic acid groups (broad SMARTS) is 1. The van der Waals surface area contributed by atoms with E-state index >= 15 is 4.39 Å². The number of likely N-dealkylation sites (tertiary alicyclic amines) is 1. The molecule has 2 aliphatic rings. The second-order valence-corrected chi connectivity index (χ2v) is 15.2. The summed E-state index contributed by atoms with van der Waals surface area (Å²) in [5.41, 5.74) is -2.99. The summed E-state index contributed by atoms with van der Waals surface area (Å²) in [5, 5.41) is 25.1. The van der Waals surface area contributed by atoms with Crippen LogP contribution in [0.15, 0.2) is 36.8 Å². The highest BCUT2D eigenvalue weighted by Crippen LogP contribution is 2.37. The van der Waals surface area contributed by atoms with E-state index in [1.165, 1.54) is 43.1 Å². The van der Waals surface area contributed by atoms with Gasteiger partial charge in [0.1, 0.15) is 11.4 Å². The molecule has 2 aromatic heterocycles. The predicted molar refractivity (Wildman–Crippen MR) is 169 cm³/mol. The van der Waals surface area contributed by atoms with E-state index in [2.05, 4.69) is 30.0 Å². The maximum absolute atomic E-state index is 15.1. The van der Waals surface area contributed by atoms with Crippen molar-refractivity contribution in [2.75, 3.05) is 29.7 Å². The number of alkyl halides is 3. The average Bonchev–Trinajstić information content (AvgIpc) is 3.45. The van der Waals surface area contributed by atoms with Crippen molar-refractivity contribution in [2.24, 2.45) is 11.8 Å². The van der Waals surface area contributed by atoms with Gasteiger partial charge in [-0.3, -0.25) is 14.2 Å². The van der Waals surface area contributed by atoms with Crippen molar-refractivity contribution in [2.45, 2.75) is 75.9 Å². The molecule has 3 heterocycles. The summed E-state index contributed by atoms with van der Waals surface area (Å²) in [6.45, 7) is 5.04. The molecule has 262 valence electrons. The highest BCUT2D eigenvalue weighted by molar-refractivity contribution is 7.93. The zero-order valence-corrected chi connectivity index (χ0v) is 27.4. The first-order valence-electron chi connectivity index (χ1n) is 15.7. The summed E-state index contributed by atoms with van der Waals surface area (Å²) >= 11 is 0. The van der Waals surface area contributed by atoms with E-state index in [1.54, 1.807) is 0 Å². The van der Waals surface area contributed by atoms with Crippen molar-refractivity contribution in [3.8, 4) is 11.3 Å². The lowest BCUT2D eigenvalue weighted by Gasteiger charge is -2.35. The lowest BCUT2D eigenvalue weighted by atomic mass is 9.81. The van der Waals surface area contributed by atoms with E-state index in [-0.39, 0.29) is 35.3 Å². The fraction of sp³-hybridized carbons (Fsp3) is 0.548. The number of nitrogens with zero attached hydrogens (tertiary/aromatic N) is 5. The Morgan fingerprint density at radius 3 is 2.35 bits per heavy atom. The Morgan fingerprint density at radius 1 is 1.06 bits per heavy atom. The van der Waals surface area contributed by atoms with E-state index in [4.69, 9.17) is 0 Å². The Morgan fingerprint density at radius 2 is 1.75 bits per heavy atom. The van der Waals surface area contributed by atoms with Gasteiger partial charge < -0.3 is 20.4 Å². The number of carboxylic acids is 1. The van der Waals surface area contributed by atoms with Crippen LogP contribution in [-0.2, 0) is 27.5 Å². The molecule has 0 radical (unpaired) electrons. The Kier molecular flexibility index (Phi) is 10.3. The number of hydrogen-bond acceptors (Lipinski definition) is 9. The van der Waals surface area contributed by atoms with Crippen molar-refractivity contribution < 1.29 is 41.0 Å². The number of benzene rings is 1. The number of nitrogens with one attached hydrogen (secondary N) is 2. The Hall–Kier alpha value is -3.83. The average molecular weight is 698 g/mol. The number of sulfonamides is 1. The lowest BCUT2D eigenvalue weighted by Crippen LogP contribution is -2.43. The number of anilines is 3. The molecule has 0 bridgehead atoms. The minimum Gasteiger partial charge on any atom is -0.481 e. The fourth-order valence-electron chi connectivity index (χ4n) is 6.25. The molecule has 12 nitrogen and oxygen atoms in total. The normalized spacial score (nSPS) is 20.1. The number of piperidine rings is 1. The molecule has 1 aliphatic carbocycles. The van der Waals surface area contributed by atoms with Crippen LogP contribution >= 0.6 is 0 Å². The van der Waals surface area contributed by atoms with Crippen LogP contribution in [0.5, 0.6) is 0 Å². The molecular formula is C31H39F4N7O5S. The highest BCUT2D eigenvalue weighted by atomic mass is 32.2. The Labute approximate surface area is 275 Å². The SMILES string of the molecule is CC(C)(O)Cn1cc(-c2nc(Nc3ccc(NS(=O)(=O)C4CCN(CC5CCC(C(=O)O)CC5)CC4)cc3F)ncc2C(F)(F)F)cn1. The zero-order valence-electron chi connectivity index (χ0n) is 26.5. The molecule has 0 spiro atoms. The monoisotopic (exact) mass is 697 g/mol. The molecule has 2 fully saturated rings. The van der Waals surface area contributed by atoms with Crippen molar-refractivity contribution in [1.82, 2.24) is 24.6 Å². The van der Waals surface area contributed by atoms with Crippen molar-refractivity contribution in [1.29, 1.82) is 0 Å². The number of aliphatic hydroxyl groups is 1. The molecule has 1 aliphatic heterocycles. The third kappa shape index (κ3) is 8.99. The number of rotatable bonds is 11. The van der Waals surface area contributed by atoms with E-state index in [0.717, 1.165) is 25.5 Å². The molecule has 0 atom stereocenters. The molecule has 48 heavy (non-hydrogen) atoms. The van der Waals surface area contributed by atoms with Gasteiger partial charge in [0.15, 0.2) is 0 Å². The van der Waals surface area contributed by atoms with Gasteiger partial charge in [0.25, 0.3) is 0 Å². The zero-order chi connectivity index (χ0) is 34.9. The molecule has 5 rings (SSSR count). The third-order valence-electron chi connectivity index (χ3n) is 8.71. The summed E-state index contributed by atoms with van der Waals surface area (Å²) in [4.78, 5) is 21.1. The van der Waals surface area contributed by atoms with E-state index in [0.29, 0.717) is 50.9 Å². The smallest absolute Gasteiger partial charge is 0.419 e. The van der Waals surface area contributed by atoms with Crippen LogP contribution in [0.2, 0.25) is 0 Å². The van der Waals surface area contributed by atoms with Gasteiger partial charge in [-0.15, -0.1) is 0 Å². The lowest BCUT2D eigenvalue weighted by molar-refractivity contribution is -0.143. The van der Waals surface area contributed by atoms with Gasteiger partial charge in [-0.2, -0.15) is 18.3 Å². The summed E-state index contributed by atoms with van der Waals surface area (Å²) in [6.07, 6.45) is 2.06. The molecule has 3 aromatic rings. The number of halogens is 4. The van der Waals surface area contributed by atoms with Crippen LogP contribution in [0.1, 0.15) is 57.9 Å². The van der Waals surface area contributed by atoms with Crippen LogP contribution in [0.4, 0.5) is 34.9 Å². The van der Waals surface area contributed by atoms with Crippen LogP contribution in [0.25, 0.3) is 11.3 Å². The van der Waals surface area contributed by atoms with Gasteiger partial charge in [-0.05, 0) is 83.5 Å². The maximum atomic E-state index is 15.1. The van der Waals surface area contributed by atoms with Crippen LogP contribution in [-0.4, -0.2) is 79.7 Å². The maximum Gasteiger partial charge on any atom is 0.419 e. The summed E-state index contributed by atoms with van der Waals surface area (Å²) in [7, 11) is -3.85. The van der Waals surface area contributed by atoms with E-state index in [1.807, 2.05) is 0 Å². The van der Waals surface area contributed by atoms with Crippen LogP contribution in [0.3, 0.4) is 0 Å². The first-order valence-corrected chi connectivity index (χ1v) is 17.2. The van der Waals surface area contributed by atoms with Gasteiger partial charge in [0.05, 0.1) is 46.6 Å². The molecule has 1 saturated heterocycles. The van der Waals surface area contributed by atoms with Gasteiger partial charge in [-0.25, -0.2) is 22.8 Å². The topological polar surface area (TPSA) is 163 Å². The molecule has 1 aromatic carbocycles. The van der Waals surface area contributed by atoms with Crippen molar-refractivity contribution >= 4 is 33.3 Å². The van der Waals surface area contributed by atoms with Gasteiger partial charge >= 0.3 is 12.1 Å². The molecule has 4 N–H and O–H groups in total. The third-order valence-corrected chi connectivity index (χ3v) is 10.6. The Balaban J connectivity index is 1.21. The standard InChI is InChI=1S/C31H39F4N7O5S/c1-30(2,45)18-42-17-21(14-37-42)27-24(31(33,34)35)15-36-29(39-27)38-26-8-7-22(13-25(26)32)40-48(46,47)23-9-11-41(12-10-23)16-19-3-5-20(6-4-19)28(43)44/h7-8,13-15,17,19-20,23,40,45H,3-6,9-12,16,18H2,1-2H3,(H,43,44)(H,36,38,39). The van der Waals surface area contributed by atoms with Gasteiger partial charge in [0.2, 0.25) is 16.0 Å². The van der Waals surface area contributed by atoms with E-state index in [9.17, 15) is 36.6 Å². The van der Waals surface area contributed by atoms with E-state index < -0.39 is 50.1 Å². The molecule has 17 heteroatoms. The number of carbonyl (C=O) groups is 1. The van der Waals surface area contributed by atoms with Crippen molar-refractivity contribution in [3.05, 3.63) is 48.2 Å². The molecule has 1 saturated carbocycles. The quantitative estimate of drug-likeness (QED) is 0.198. The largest absolute Gasteiger partial charge is 0.481 e.